The highest BCUT2D eigenvalue weighted by molar-refractivity contribution is 5.88. The fraction of sp³-hybridized carbons (Fsp3) is 0.278. The summed E-state index contributed by atoms with van der Waals surface area (Å²) in [5, 5.41) is 4.05. The van der Waals surface area contributed by atoms with E-state index in [9.17, 15) is 14.0 Å². The van der Waals surface area contributed by atoms with Crippen LogP contribution >= 0.6 is 0 Å². The van der Waals surface area contributed by atoms with Crippen molar-refractivity contribution in [3.05, 3.63) is 58.9 Å². The maximum atomic E-state index is 13.7. The number of benzene rings is 1. The highest BCUT2D eigenvalue weighted by Gasteiger charge is 2.19. The van der Waals surface area contributed by atoms with Crippen LogP contribution in [0.1, 0.15) is 27.6 Å². The van der Waals surface area contributed by atoms with Crippen LogP contribution in [0.2, 0.25) is 0 Å². The Hall–Kier alpha value is -3.36. The largest absolute Gasteiger partial charge is 0.450 e. The lowest BCUT2D eigenvalue weighted by atomic mass is 10.2. The van der Waals surface area contributed by atoms with Crippen molar-refractivity contribution in [3.63, 3.8) is 0 Å². The number of hydrogen-bond acceptors (Lipinski definition) is 6. The molecule has 0 aliphatic carbocycles. The molecular formula is C18H18FN5O3. The van der Waals surface area contributed by atoms with Gasteiger partial charge in [0.15, 0.2) is 6.61 Å². The van der Waals surface area contributed by atoms with Gasteiger partial charge in [-0.2, -0.15) is 4.98 Å². The first-order chi connectivity index (χ1) is 12.8. The molecule has 0 aliphatic heterocycles. The number of aryl methyl sites for hydroxylation is 2. The average Bonchev–Trinajstić information content (AvgIpc) is 3.05. The molecule has 0 aliphatic rings. The normalized spacial score (nSPS) is 10.8. The predicted molar refractivity (Wildman–Crippen MR) is 93.4 cm³/mol. The molecule has 0 atom stereocenters. The van der Waals surface area contributed by atoms with Crippen molar-refractivity contribution in [2.24, 2.45) is 0 Å². The Morgan fingerprint density at radius 1 is 1.22 bits per heavy atom. The summed E-state index contributed by atoms with van der Waals surface area (Å²) >= 11 is 0. The minimum atomic E-state index is -0.829. The highest BCUT2D eigenvalue weighted by Crippen LogP contribution is 2.09. The molecule has 140 valence electrons. The van der Waals surface area contributed by atoms with Crippen LogP contribution in [-0.2, 0) is 16.1 Å². The molecule has 0 radical (unpaired) electrons. The number of nitrogens with zero attached hydrogens (tertiary/aromatic N) is 5. The lowest BCUT2D eigenvalue weighted by molar-refractivity contribution is -0.133. The maximum absolute atomic E-state index is 13.7. The van der Waals surface area contributed by atoms with Gasteiger partial charge in [0, 0.05) is 30.5 Å². The third-order valence-electron chi connectivity index (χ3n) is 3.92. The summed E-state index contributed by atoms with van der Waals surface area (Å²) in [5.74, 6) is -1.60. The first-order valence-electron chi connectivity index (χ1n) is 8.20. The van der Waals surface area contributed by atoms with Crippen LogP contribution in [0.5, 0.6) is 0 Å². The summed E-state index contributed by atoms with van der Waals surface area (Å²) in [6, 6.07) is 7.97. The number of carbonyl (C=O) groups is 2. The molecule has 27 heavy (non-hydrogen) atoms. The number of esters is 1. The topological polar surface area (TPSA) is 89.7 Å². The fourth-order valence-corrected chi connectivity index (χ4v) is 2.53. The van der Waals surface area contributed by atoms with E-state index in [1.807, 2.05) is 13.8 Å². The first kappa shape index (κ1) is 18.4. The summed E-state index contributed by atoms with van der Waals surface area (Å²) in [7, 11) is 1.50. The molecule has 9 heteroatoms. The van der Waals surface area contributed by atoms with E-state index >= 15 is 0 Å². The van der Waals surface area contributed by atoms with Gasteiger partial charge in [-0.3, -0.25) is 4.79 Å². The van der Waals surface area contributed by atoms with E-state index in [0.29, 0.717) is 5.56 Å². The van der Waals surface area contributed by atoms with Gasteiger partial charge in [-0.25, -0.2) is 18.7 Å². The molecule has 0 spiro atoms. The van der Waals surface area contributed by atoms with E-state index in [1.165, 1.54) is 22.5 Å². The van der Waals surface area contributed by atoms with Crippen molar-refractivity contribution < 1.29 is 18.7 Å². The number of rotatable bonds is 5. The summed E-state index contributed by atoms with van der Waals surface area (Å²) in [5.41, 5.74) is 1.89. The smallest absolute Gasteiger partial charge is 0.378 e. The quantitative estimate of drug-likeness (QED) is 0.634. The third kappa shape index (κ3) is 4.08. The van der Waals surface area contributed by atoms with Crippen LogP contribution in [0.15, 0.2) is 30.3 Å². The Bertz CT molecular complexity index is 1020. The number of carbonyl (C=O) groups excluding carboxylic acids is 2. The van der Waals surface area contributed by atoms with E-state index in [0.717, 1.165) is 11.4 Å². The Balaban J connectivity index is 1.62. The molecule has 0 unspecified atom stereocenters. The van der Waals surface area contributed by atoms with Gasteiger partial charge < -0.3 is 9.64 Å². The summed E-state index contributed by atoms with van der Waals surface area (Å²) < 4.78 is 20.1. The van der Waals surface area contributed by atoms with E-state index in [-0.39, 0.29) is 18.1 Å². The van der Waals surface area contributed by atoms with Gasteiger partial charge in [0.2, 0.25) is 0 Å². The second kappa shape index (κ2) is 7.48. The molecule has 0 N–H and O–H groups in total. The summed E-state index contributed by atoms with van der Waals surface area (Å²) in [6.45, 7) is 3.19. The van der Waals surface area contributed by atoms with E-state index in [4.69, 9.17) is 4.74 Å². The van der Waals surface area contributed by atoms with E-state index in [2.05, 4.69) is 15.1 Å². The van der Waals surface area contributed by atoms with Crippen LogP contribution in [-0.4, -0.2) is 50.0 Å². The van der Waals surface area contributed by atoms with E-state index < -0.39 is 24.3 Å². The van der Waals surface area contributed by atoms with E-state index in [1.54, 1.807) is 24.3 Å². The second-order valence-electron chi connectivity index (χ2n) is 6.10. The number of fused-ring (bicyclic) bond motifs is 1. The minimum Gasteiger partial charge on any atom is -0.450 e. The molecule has 0 fully saturated rings. The number of amides is 1. The van der Waals surface area contributed by atoms with Crippen LogP contribution < -0.4 is 0 Å². The Labute approximate surface area is 154 Å². The Morgan fingerprint density at radius 2 is 1.96 bits per heavy atom. The average molecular weight is 371 g/mol. The van der Waals surface area contributed by atoms with Gasteiger partial charge in [-0.05, 0) is 26.0 Å². The molecule has 0 saturated carbocycles. The summed E-state index contributed by atoms with van der Waals surface area (Å²) in [6.07, 6.45) is 0. The molecule has 1 amide bonds. The molecule has 0 saturated heterocycles. The van der Waals surface area contributed by atoms with Gasteiger partial charge in [-0.15, -0.1) is 5.10 Å². The third-order valence-corrected chi connectivity index (χ3v) is 3.92. The zero-order chi connectivity index (χ0) is 19.6. The summed E-state index contributed by atoms with van der Waals surface area (Å²) in [4.78, 5) is 33.8. The van der Waals surface area contributed by atoms with Crippen LogP contribution in [0.25, 0.3) is 5.78 Å². The van der Waals surface area contributed by atoms with Crippen LogP contribution in [0.3, 0.4) is 0 Å². The van der Waals surface area contributed by atoms with Crippen molar-refractivity contribution in [1.82, 2.24) is 24.5 Å². The fourth-order valence-electron chi connectivity index (χ4n) is 2.53. The van der Waals surface area contributed by atoms with Gasteiger partial charge in [0.05, 0.1) is 0 Å². The zero-order valence-corrected chi connectivity index (χ0v) is 15.1. The predicted octanol–water partition coefficient (Wildman–Crippen LogP) is 1.70. The Kier molecular flexibility index (Phi) is 5.11. The van der Waals surface area contributed by atoms with Crippen molar-refractivity contribution in [2.75, 3.05) is 13.7 Å². The van der Waals surface area contributed by atoms with Gasteiger partial charge >= 0.3 is 5.97 Å². The van der Waals surface area contributed by atoms with Crippen molar-refractivity contribution in [2.45, 2.75) is 20.4 Å². The van der Waals surface area contributed by atoms with Crippen molar-refractivity contribution >= 4 is 17.7 Å². The molecule has 1 aromatic carbocycles. The maximum Gasteiger partial charge on any atom is 0.378 e. The van der Waals surface area contributed by atoms with Crippen molar-refractivity contribution in [3.8, 4) is 0 Å². The molecule has 2 aromatic heterocycles. The molecule has 0 bridgehead atoms. The standard InChI is InChI=1S/C18H18FN5O3/c1-11-8-12(2)24-18(20-11)21-16(22-24)17(26)27-10-15(25)23(3)9-13-6-4-5-7-14(13)19/h4-8H,9-10H2,1-3H3. The number of ether oxygens (including phenoxy) is 1. The number of halogens is 1. The molecular weight excluding hydrogens is 353 g/mol. The Morgan fingerprint density at radius 3 is 2.70 bits per heavy atom. The molecule has 8 nitrogen and oxygen atoms in total. The van der Waals surface area contributed by atoms with Crippen molar-refractivity contribution in [1.29, 1.82) is 0 Å². The highest BCUT2D eigenvalue weighted by atomic mass is 19.1. The lowest BCUT2D eigenvalue weighted by Crippen LogP contribution is -2.31. The van der Waals surface area contributed by atoms with Gasteiger partial charge in [0.25, 0.3) is 17.5 Å². The second-order valence-corrected chi connectivity index (χ2v) is 6.10. The monoisotopic (exact) mass is 371 g/mol. The molecule has 3 aromatic rings. The minimum absolute atomic E-state index is 0.0675. The number of hydrogen-bond donors (Lipinski definition) is 0. The molecule has 3 rings (SSSR count). The lowest BCUT2D eigenvalue weighted by Gasteiger charge is -2.17. The SMILES string of the molecule is Cc1cc(C)n2nc(C(=O)OCC(=O)N(C)Cc3ccccc3F)nc2n1. The first-order valence-corrected chi connectivity index (χ1v) is 8.20. The number of aromatic nitrogens is 4. The zero-order valence-electron chi connectivity index (χ0n) is 15.1. The van der Waals surface area contributed by atoms with Crippen LogP contribution in [0.4, 0.5) is 4.39 Å². The molecule has 2 heterocycles. The van der Waals surface area contributed by atoms with Gasteiger partial charge in [-0.1, -0.05) is 18.2 Å². The number of likely N-dealkylation sites (N-methyl/N-ethyl adjacent to an activating group) is 1. The van der Waals surface area contributed by atoms with Gasteiger partial charge in [0.1, 0.15) is 5.82 Å². The van der Waals surface area contributed by atoms with Crippen LogP contribution in [0, 0.1) is 19.7 Å².